The zero-order chi connectivity index (χ0) is 11.5. The van der Waals surface area contributed by atoms with E-state index in [9.17, 15) is 8.42 Å². The van der Waals surface area contributed by atoms with Gasteiger partial charge < -0.3 is 0 Å². The van der Waals surface area contributed by atoms with E-state index in [4.69, 9.17) is 0 Å². The molecule has 1 aromatic carbocycles. The average molecular weight is 227 g/mol. The van der Waals surface area contributed by atoms with E-state index in [1.54, 1.807) is 0 Å². The van der Waals surface area contributed by atoms with Crippen molar-refractivity contribution in [2.24, 2.45) is 0 Å². The SMILES string of the molecule is CC[C@H](NS(C)(=O)=O)c1ccc(C)cc1. The molecule has 0 unspecified atom stereocenters. The highest BCUT2D eigenvalue weighted by molar-refractivity contribution is 7.88. The predicted molar refractivity (Wildman–Crippen MR) is 62.2 cm³/mol. The van der Waals surface area contributed by atoms with E-state index in [-0.39, 0.29) is 6.04 Å². The van der Waals surface area contributed by atoms with Gasteiger partial charge >= 0.3 is 0 Å². The fraction of sp³-hybridized carbons (Fsp3) is 0.455. The maximum Gasteiger partial charge on any atom is 0.209 e. The molecule has 0 aliphatic carbocycles. The number of sulfonamides is 1. The van der Waals surface area contributed by atoms with Crippen molar-refractivity contribution < 1.29 is 8.42 Å². The lowest BCUT2D eigenvalue weighted by Gasteiger charge is -2.15. The zero-order valence-corrected chi connectivity index (χ0v) is 10.1. The van der Waals surface area contributed by atoms with Crippen molar-refractivity contribution >= 4 is 10.0 Å². The fourth-order valence-electron chi connectivity index (χ4n) is 1.44. The molecule has 15 heavy (non-hydrogen) atoms. The Balaban J connectivity index is 2.88. The molecule has 0 heterocycles. The van der Waals surface area contributed by atoms with Gasteiger partial charge in [0.05, 0.1) is 6.26 Å². The first-order chi connectivity index (χ1) is 6.92. The van der Waals surface area contributed by atoms with Crippen LogP contribution in [0.2, 0.25) is 0 Å². The Morgan fingerprint density at radius 3 is 2.20 bits per heavy atom. The minimum Gasteiger partial charge on any atom is -0.213 e. The van der Waals surface area contributed by atoms with Crippen LogP contribution in [-0.2, 0) is 10.0 Å². The number of hydrogen-bond donors (Lipinski definition) is 1. The summed E-state index contributed by atoms with van der Waals surface area (Å²) in [6.07, 6.45) is 1.93. The van der Waals surface area contributed by atoms with Gasteiger partial charge in [0.25, 0.3) is 0 Å². The second-order valence-corrected chi connectivity index (χ2v) is 5.54. The molecule has 0 fully saturated rings. The lowest BCUT2D eigenvalue weighted by atomic mass is 10.0. The summed E-state index contributed by atoms with van der Waals surface area (Å²) < 4.78 is 24.9. The average Bonchev–Trinajstić information content (AvgIpc) is 2.14. The van der Waals surface area contributed by atoms with Crippen molar-refractivity contribution in [3.63, 3.8) is 0 Å². The largest absolute Gasteiger partial charge is 0.213 e. The monoisotopic (exact) mass is 227 g/mol. The minimum absolute atomic E-state index is 0.124. The maximum absolute atomic E-state index is 11.1. The van der Waals surface area contributed by atoms with Crippen molar-refractivity contribution in [1.29, 1.82) is 0 Å². The van der Waals surface area contributed by atoms with Crippen LogP contribution in [0.3, 0.4) is 0 Å². The first-order valence-electron chi connectivity index (χ1n) is 4.96. The molecule has 0 radical (unpaired) electrons. The third-order valence-corrected chi connectivity index (χ3v) is 2.96. The molecule has 1 aromatic rings. The van der Waals surface area contributed by atoms with Crippen molar-refractivity contribution in [1.82, 2.24) is 4.72 Å². The molecule has 0 saturated carbocycles. The molecular weight excluding hydrogens is 210 g/mol. The highest BCUT2D eigenvalue weighted by Gasteiger charge is 2.13. The molecule has 0 aliphatic rings. The molecule has 0 saturated heterocycles. The molecule has 0 aliphatic heterocycles. The zero-order valence-electron chi connectivity index (χ0n) is 9.32. The minimum atomic E-state index is -3.14. The first-order valence-corrected chi connectivity index (χ1v) is 6.85. The van der Waals surface area contributed by atoms with Crippen LogP contribution >= 0.6 is 0 Å². The quantitative estimate of drug-likeness (QED) is 0.855. The summed E-state index contributed by atoms with van der Waals surface area (Å²) >= 11 is 0. The van der Waals surface area contributed by atoms with E-state index in [0.29, 0.717) is 0 Å². The molecule has 0 aromatic heterocycles. The topological polar surface area (TPSA) is 46.2 Å². The highest BCUT2D eigenvalue weighted by Crippen LogP contribution is 2.17. The number of aryl methyl sites for hydroxylation is 1. The Kier molecular flexibility index (Phi) is 3.88. The number of rotatable bonds is 4. The van der Waals surface area contributed by atoms with Crippen LogP contribution < -0.4 is 4.72 Å². The molecule has 1 atom stereocenters. The summed E-state index contributed by atoms with van der Waals surface area (Å²) in [6.45, 7) is 3.97. The summed E-state index contributed by atoms with van der Waals surface area (Å²) in [5.74, 6) is 0. The van der Waals surface area contributed by atoms with Crippen LogP contribution in [0.5, 0.6) is 0 Å². The summed E-state index contributed by atoms with van der Waals surface area (Å²) in [5, 5.41) is 0. The van der Waals surface area contributed by atoms with E-state index in [0.717, 1.165) is 12.0 Å². The van der Waals surface area contributed by atoms with Gasteiger partial charge in [-0.05, 0) is 18.9 Å². The third kappa shape index (κ3) is 4.01. The van der Waals surface area contributed by atoms with Crippen LogP contribution in [0.1, 0.15) is 30.5 Å². The van der Waals surface area contributed by atoms with Crippen molar-refractivity contribution in [3.8, 4) is 0 Å². The smallest absolute Gasteiger partial charge is 0.209 e. The normalized spacial score (nSPS) is 13.8. The van der Waals surface area contributed by atoms with Gasteiger partial charge in [-0.25, -0.2) is 13.1 Å². The summed E-state index contributed by atoms with van der Waals surface area (Å²) in [4.78, 5) is 0. The molecule has 4 heteroatoms. The lowest BCUT2D eigenvalue weighted by molar-refractivity contribution is 0.555. The summed E-state index contributed by atoms with van der Waals surface area (Å²) in [6, 6.07) is 7.77. The highest BCUT2D eigenvalue weighted by atomic mass is 32.2. The van der Waals surface area contributed by atoms with E-state index in [2.05, 4.69) is 4.72 Å². The number of nitrogens with one attached hydrogen (secondary N) is 1. The van der Waals surface area contributed by atoms with E-state index < -0.39 is 10.0 Å². The Morgan fingerprint density at radius 2 is 1.80 bits per heavy atom. The van der Waals surface area contributed by atoms with Gasteiger partial charge in [-0.15, -0.1) is 0 Å². The number of benzene rings is 1. The van der Waals surface area contributed by atoms with Gasteiger partial charge in [0.1, 0.15) is 0 Å². The van der Waals surface area contributed by atoms with Crippen LogP contribution in [0.15, 0.2) is 24.3 Å². The van der Waals surface area contributed by atoms with Crippen molar-refractivity contribution in [2.45, 2.75) is 26.3 Å². The van der Waals surface area contributed by atoms with Gasteiger partial charge in [0, 0.05) is 6.04 Å². The van der Waals surface area contributed by atoms with Crippen molar-refractivity contribution in [2.75, 3.05) is 6.26 Å². The number of hydrogen-bond acceptors (Lipinski definition) is 2. The van der Waals surface area contributed by atoms with Crippen LogP contribution in [0.25, 0.3) is 0 Å². The van der Waals surface area contributed by atoms with E-state index in [1.165, 1.54) is 11.8 Å². The van der Waals surface area contributed by atoms with Gasteiger partial charge in [-0.1, -0.05) is 36.8 Å². The van der Waals surface area contributed by atoms with Crippen LogP contribution in [0.4, 0.5) is 0 Å². The molecular formula is C11H17NO2S. The maximum atomic E-state index is 11.1. The molecule has 0 bridgehead atoms. The van der Waals surface area contributed by atoms with Gasteiger partial charge in [0.2, 0.25) is 10.0 Å². The summed E-state index contributed by atoms with van der Waals surface area (Å²) in [5.41, 5.74) is 2.18. The van der Waals surface area contributed by atoms with Gasteiger partial charge in [-0.2, -0.15) is 0 Å². The molecule has 0 amide bonds. The molecule has 1 rings (SSSR count). The van der Waals surface area contributed by atoms with Crippen LogP contribution in [-0.4, -0.2) is 14.7 Å². The van der Waals surface area contributed by atoms with E-state index >= 15 is 0 Å². The fourth-order valence-corrected chi connectivity index (χ4v) is 2.26. The standard InChI is InChI=1S/C11H17NO2S/c1-4-11(12-15(3,13)14)10-7-5-9(2)6-8-10/h5-8,11-12H,4H2,1-3H3/t11-/m0/s1. The molecule has 1 N–H and O–H groups in total. The van der Waals surface area contributed by atoms with E-state index in [1.807, 2.05) is 38.1 Å². The summed E-state index contributed by atoms with van der Waals surface area (Å²) in [7, 11) is -3.14. The van der Waals surface area contributed by atoms with Crippen molar-refractivity contribution in [3.05, 3.63) is 35.4 Å². The predicted octanol–water partition coefficient (Wildman–Crippen LogP) is 2.00. The van der Waals surface area contributed by atoms with Gasteiger partial charge in [-0.3, -0.25) is 0 Å². The molecule has 3 nitrogen and oxygen atoms in total. The first kappa shape index (κ1) is 12.2. The third-order valence-electron chi connectivity index (χ3n) is 2.24. The van der Waals surface area contributed by atoms with Gasteiger partial charge in [0.15, 0.2) is 0 Å². The molecule has 84 valence electrons. The Bertz CT molecular complexity index is 409. The Hall–Kier alpha value is -0.870. The second-order valence-electron chi connectivity index (χ2n) is 3.76. The Labute approximate surface area is 91.6 Å². The molecule has 0 spiro atoms. The Morgan fingerprint density at radius 1 is 1.27 bits per heavy atom. The van der Waals surface area contributed by atoms with Crippen LogP contribution in [0, 0.1) is 6.92 Å². The lowest BCUT2D eigenvalue weighted by Crippen LogP contribution is -2.26. The second kappa shape index (κ2) is 4.77.